The van der Waals surface area contributed by atoms with Crippen LogP contribution in [0.5, 0.6) is 0 Å². The molecule has 0 fully saturated rings. The number of hydrogen-bond donors (Lipinski definition) is 0. The van der Waals surface area contributed by atoms with Crippen LogP contribution in [0.2, 0.25) is 10.0 Å². The number of rotatable bonds is 3. The van der Waals surface area contributed by atoms with Crippen molar-refractivity contribution in [3.63, 3.8) is 0 Å². The van der Waals surface area contributed by atoms with Crippen molar-refractivity contribution in [3.8, 4) is 11.1 Å². The molecule has 0 unspecified atom stereocenters. The van der Waals surface area contributed by atoms with Gasteiger partial charge in [0.05, 0.1) is 9.92 Å². The van der Waals surface area contributed by atoms with E-state index in [4.69, 9.17) is 23.2 Å². The van der Waals surface area contributed by atoms with Gasteiger partial charge < -0.3 is 0 Å². The van der Waals surface area contributed by atoms with Crippen LogP contribution >= 0.6 is 23.2 Å². The van der Waals surface area contributed by atoms with E-state index in [1.807, 2.05) is 0 Å². The number of fused-ring (bicyclic) bond motifs is 1. The number of nitrogens with zero attached hydrogens (tertiary/aromatic N) is 1. The van der Waals surface area contributed by atoms with Gasteiger partial charge in [0.2, 0.25) is 9.84 Å². The summed E-state index contributed by atoms with van der Waals surface area (Å²) in [6, 6.07) is 15.5. The van der Waals surface area contributed by atoms with Gasteiger partial charge in [-0.05, 0) is 53.6 Å². The normalized spacial score (nSPS) is 11.7. The van der Waals surface area contributed by atoms with Crippen LogP contribution in [0.25, 0.3) is 22.0 Å². The summed E-state index contributed by atoms with van der Waals surface area (Å²) in [7, 11) is -4.19. The van der Waals surface area contributed by atoms with Crippen LogP contribution < -0.4 is 0 Å². The van der Waals surface area contributed by atoms with E-state index in [0.29, 0.717) is 21.5 Å². The third-order valence-electron chi connectivity index (χ3n) is 4.38. The Morgan fingerprint density at radius 3 is 2.31 bits per heavy atom. The Bertz CT molecular complexity index is 1370. The zero-order valence-corrected chi connectivity index (χ0v) is 16.9. The fourth-order valence-corrected chi connectivity index (χ4v) is 4.67. The second-order valence-corrected chi connectivity index (χ2v) is 8.97. The Morgan fingerprint density at radius 1 is 0.828 bits per heavy atom. The topological polar surface area (TPSA) is 47.0 Å². The molecule has 0 radical (unpaired) electrons. The number of aromatic nitrogens is 1. The van der Waals surface area contributed by atoms with Gasteiger partial charge >= 0.3 is 0 Å². The average Bonchev–Trinajstić information content (AvgIpc) is 2.69. The predicted octanol–water partition coefficient (Wildman–Crippen LogP) is 6.32. The van der Waals surface area contributed by atoms with Gasteiger partial charge in [-0.1, -0.05) is 47.5 Å². The number of halogens is 4. The molecule has 0 N–H and O–H groups in total. The molecule has 146 valence electrons. The fourth-order valence-electron chi connectivity index (χ4n) is 2.99. The third-order valence-corrected chi connectivity index (χ3v) is 6.54. The van der Waals surface area contributed by atoms with E-state index in [-0.39, 0.29) is 20.5 Å². The minimum absolute atomic E-state index is 0.100. The predicted molar refractivity (Wildman–Crippen MR) is 109 cm³/mol. The third kappa shape index (κ3) is 3.59. The van der Waals surface area contributed by atoms with Crippen molar-refractivity contribution in [3.05, 3.63) is 88.4 Å². The van der Waals surface area contributed by atoms with E-state index in [0.717, 1.165) is 18.2 Å². The molecule has 0 bridgehead atoms. The van der Waals surface area contributed by atoms with E-state index in [9.17, 15) is 17.2 Å². The highest BCUT2D eigenvalue weighted by molar-refractivity contribution is 7.91. The molecule has 8 heteroatoms. The molecule has 0 saturated heterocycles. The minimum Gasteiger partial charge on any atom is -0.233 e. The SMILES string of the molecule is O=S(=O)(c1ccc(F)c(Cl)c1)c1cc(-c2cccc(Cl)c2)c2cccc(F)c2n1. The maximum absolute atomic E-state index is 14.5. The first kappa shape index (κ1) is 19.8. The summed E-state index contributed by atoms with van der Waals surface area (Å²) in [6.45, 7) is 0. The standard InChI is InChI=1S/C21H11Cl2F2NO2S/c22-13-4-1-3-12(9-13)16-11-20(26-21-15(16)5-2-6-19(21)25)29(27,28)14-7-8-18(24)17(23)10-14/h1-11H. The summed E-state index contributed by atoms with van der Waals surface area (Å²) >= 11 is 11.8. The van der Waals surface area contributed by atoms with Gasteiger partial charge in [-0.15, -0.1) is 0 Å². The summed E-state index contributed by atoms with van der Waals surface area (Å²) < 4.78 is 54.2. The van der Waals surface area contributed by atoms with Crippen molar-refractivity contribution >= 4 is 43.9 Å². The second kappa shape index (κ2) is 7.37. The number of para-hydroxylation sites is 1. The number of benzene rings is 3. The summed E-state index contributed by atoms with van der Waals surface area (Å²) in [4.78, 5) is 3.80. The maximum atomic E-state index is 14.5. The smallest absolute Gasteiger partial charge is 0.223 e. The van der Waals surface area contributed by atoms with E-state index < -0.39 is 21.5 Å². The number of hydrogen-bond acceptors (Lipinski definition) is 3. The quantitative estimate of drug-likeness (QED) is 0.343. The van der Waals surface area contributed by atoms with E-state index in [1.54, 1.807) is 30.3 Å². The Labute approximate surface area is 175 Å². The van der Waals surface area contributed by atoms with E-state index >= 15 is 0 Å². The highest BCUT2D eigenvalue weighted by Crippen LogP contribution is 2.34. The second-order valence-electron chi connectivity index (χ2n) is 6.23. The molecule has 29 heavy (non-hydrogen) atoms. The van der Waals surface area contributed by atoms with Crippen molar-refractivity contribution in [2.75, 3.05) is 0 Å². The van der Waals surface area contributed by atoms with Crippen LogP contribution in [0.15, 0.2) is 76.7 Å². The molecule has 3 nitrogen and oxygen atoms in total. The van der Waals surface area contributed by atoms with Crippen LogP contribution in [0.3, 0.4) is 0 Å². The van der Waals surface area contributed by atoms with Gasteiger partial charge in [-0.2, -0.15) is 0 Å². The molecule has 0 aliphatic heterocycles. The van der Waals surface area contributed by atoms with Gasteiger partial charge in [-0.25, -0.2) is 22.2 Å². The summed E-state index contributed by atoms with van der Waals surface area (Å²) in [5, 5.41) is 0.155. The zero-order valence-electron chi connectivity index (χ0n) is 14.5. The summed E-state index contributed by atoms with van der Waals surface area (Å²) in [6.07, 6.45) is 0. The van der Waals surface area contributed by atoms with Crippen LogP contribution in [0.1, 0.15) is 0 Å². The molecule has 1 aromatic heterocycles. The van der Waals surface area contributed by atoms with Crippen molar-refractivity contribution in [1.29, 1.82) is 0 Å². The first-order chi connectivity index (χ1) is 13.8. The molecule has 4 aromatic rings. The fraction of sp³-hybridized carbons (Fsp3) is 0. The molecule has 0 amide bonds. The largest absolute Gasteiger partial charge is 0.233 e. The lowest BCUT2D eigenvalue weighted by atomic mass is 10.0. The van der Waals surface area contributed by atoms with Gasteiger partial charge in [0.15, 0.2) is 5.03 Å². The van der Waals surface area contributed by atoms with Gasteiger partial charge in [0.1, 0.15) is 17.2 Å². The van der Waals surface area contributed by atoms with Crippen LogP contribution in [-0.2, 0) is 9.84 Å². The molecule has 0 spiro atoms. The molecule has 0 aliphatic rings. The van der Waals surface area contributed by atoms with Crippen molar-refractivity contribution < 1.29 is 17.2 Å². The number of sulfone groups is 1. The monoisotopic (exact) mass is 449 g/mol. The van der Waals surface area contributed by atoms with Crippen LogP contribution in [0, 0.1) is 11.6 Å². The van der Waals surface area contributed by atoms with Crippen molar-refractivity contribution in [1.82, 2.24) is 4.98 Å². The Balaban J connectivity index is 2.03. The highest BCUT2D eigenvalue weighted by atomic mass is 35.5. The molecule has 0 aliphatic carbocycles. The first-order valence-electron chi connectivity index (χ1n) is 8.33. The maximum Gasteiger partial charge on any atom is 0.223 e. The van der Waals surface area contributed by atoms with Gasteiger partial charge in [-0.3, -0.25) is 0 Å². The van der Waals surface area contributed by atoms with Gasteiger partial charge in [0.25, 0.3) is 0 Å². The minimum atomic E-state index is -4.19. The first-order valence-corrected chi connectivity index (χ1v) is 10.6. The molecular formula is C21H11Cl2F2NO2S. The molecule has 0 saturated carbocycles. The average molecular weight is 450 g/mol. The van der Waals surface area contributed by atoms with Crippen LogP contribution in [-0.4, -0.2) is 13.4 Å². The molecule has 0 atom stereocenters. The van der Waals surface area contributed by atoms with Gasteiger partial charge in [0, 0.05) is 10.4 Å². The highest BCUT2D eigenvalue weighted by Gasteiger charge is 2.23. The molecule has 4 rings (SSSR count). The Kier molecular flexibility index (Phi) is 5.02. The lowest BCUT2D eigenvalue weighted by molar-refractivity contribution is 0.591. The lowest BCUT2D eigenvalue weighted by Gasteiger charge is -2.12. The Morgan fingerprint density at radius 2 is 1.59 bits per heavy atom. The summed E-state index contributed by atoms with van der Waals surface area (Å²) in [5.74, 6) is -1.41. The molecular weight excluding hydrogens is 439 g/mol. The lowest BCUT2D eigenvalue weighted by Crippen LogP contribution is -2.06. The molecule has 3 aromatic carbocycles. The number of pyridine rings is 1. The van der Waals surface area contributed by atoms with E-state index in [2.05, 4.69) is 4.98 Å². The summed E-state index contributed by atoms with van der Waals surface area (Å²) in [5.41, 5.74) is 0.949. The van der Waals surface area contributed by atoms with Crippen molar-refractivity contribution in [2.45, 2.75) is 9.92 Å². The van der Waals surface area contributed by atoms with E-state index in [1.165, 1.54) is 18.2 Å². The van der Waals surface area contributed by atoms with Crippen molar-refractivity contribution in [2.24, 2.45) is 0 Å². The zero-order chi connectivity index (χ0) is 20.8. The molecule has 1 heterocycles. The Hall–Kier alpha value is -2.54. The van der Waals surface area contributed by atoms with Crippen LogP contribution in [0.4, 0.5) is 8.78 Å².